The first-order valence-corrected chi connectivity index (χ1v) is 6.77. The van der Waals surface area contributed by atoms with Crippen molar-refractivity contribution in [2.75, 3.05) is 32.7 Å². The van der Waals surface area contributed by atoms with Crippen LogP contribution in [0.2, 0.25) is 0 Å². The second-order valence-electron chi connectivity index (χ2n) is 5.38. The standard InChI is InChI=1S/C12H18F3N5O/c1-8(2)9-16-10(18-17-9)11(21)20-5-3-19(4-6-20)7-12(13,14)15/h8H,3-7H2,1-2H3,(H,16,17,18). The molecule has 1 fully saturated rings. The van der Waals surface area contributed by atoms with Crippen LogP contribution in [-0.2, 0) is 0 Å². The smallest absolute Gasteiger partial charge is 0.333 e. The molecule has 1 aliphatic heterocycles. The fraction of sp³-hybridized carbons (Fsp3) is 0.750. The maximum Gasteiger partial charge on any atom is 0.401 e. The molecule has 1 N–H and O–H groups in total. The Hall–Kier alpha value is -1.64. The summed E-state index contributed by atoms with van der Waals surface area (Å²) in [5, 5.41) is 6.57. The predicted molar refractivity (Wildman–Crippen MR) is 68.9 cm³/mol. The number of hydrogen-bond acceptors (Lipinski definition) is 4. The summed E-state index contributed by atoms with van der Waals surface area (Å²) in [6.07, 6.45) is -4.21. The third-order valence-electron chi connectivity index (χ3n) is 3.30. The van der Waals surface area contributed by atoms with Crippen LogP contribution in [0.5, 0.6) is 0 Å². The molecular weight excluding hydrogens is 287 g/mol. The molecule has 21 heavy (non-hydrogen) atoms. The Balaban J connectivity index is 1.90. The van der Waals surface area contributed by atoms with Gasteiger partial charge in [-0.05, 0) is 0 Å². The topological polar surface area (TPSA) is 65.1 Å². The molecule has 1 amide bonds. The Labute approximate surface area is 120 Å². The van der Waals surface area contributed by atoms with Gasteiger partial charge >= 0.3 is 6.18 Å². The van der Waals surface area contributed by atoms with Gasteiger partial charge < -0.3 is 4.90 Å². The molecule has 0 spiro atoms. The summed E-state index contributed by atoms with van der Waals surface area (Å²) >= 11 is 0. The van der Waals surface area contributed by atoms with Crippen LogP contribution in [0, 0.1) is 0 Å². The van der Waals surface area contributed by atoms with Gasteiger partial charge in [-0.3, -0.25) is 14.8 Å². The average Bonchev–Trinajstić information content (AvgIpc) is 2.86. The molecule has 1 saturated heterocycles. The highest BCUT2D eigenvalue weighted by atomic mass is 19.4. The number of nitrogens with zero attached hydrogens (tertiary/aromatic N) is 4. The van der Waals surface area contributed by atoms with Crippen molar-refractivity contribution in [3.05, 3.63) is 11.6 Å². The Morgan fingerprint density at radius 2 is 1.90 bits per heavy atom. The molecule has 2 heterocycles. The molecule has 0 saturated carbocycles. The Morgan fingerprint density at radius 3 is 2.38 bits per heavy atom. The van der Waals surface area contributed by atoms with Crippen molar-refractivity contribution in [2.45, 2.75) is 25.9 Å². The van der Waals surface area contributed by atoms with Crippen molar-refractivity contribution in [1.29, 1.82) is 0 Å². The second kappa shape index (κ2) is 6.00. The number of H-pyrrole nitrogens is 1. The van der Waals surface area contributed by atoms with Crippen LogP contribution in [0.1, 0.15) is 36.2 Å². The van der Waals surface area contributed by atoms with Crippen LogP contribution in [0.25, 0.3) is 0 Å². The summed E-state index contributed by atoms with van der Waals surface area (Å²) in [5.74, 6) is 0.476. The molecule has 0 atom stereocenters. The summed E-state index contributed by atoms with van der Waals surface area (Å²) < 4.78 is 36.9. The van der Waals surface area contributed by atoms with E-state index < -0.39 is 12.7 Å². The zero-order chi connectivity index (χ0) is 15.6. The average molecular weight is 305 g/mol. The summed E-state index contributed by atoms with van der Waals surface area (Å²) in [6, 6.07) is 0. The summed E-state index contributed by atoms with van der Waals surface area (Å²) in [6.45, 7) is 3.81. The molecule has 2 rings (SSSR count). The van der Waals surface area contributed by atoms with Gasteiger partial charge in [-0.15, -0.1) is 5.10 Å². The van der Waals surface area contributed by atoms with Gasteiger partial charge in [0.25, 0.3) is 5.91 Å². The zero-order valence-corrected chi connectivity index (χ0v) is 11.9. The lowest BCUT2D eigenvalue weighted by atomic mass is 10.2. The number of alkyl halides is 3. The molecule has 1 aliphatic rings. The van der Waals surface area contributed by atoms with E-state index in [1.54, 1.807) is 0 Å². The van der Waals surface area contributed by atoms with Gasteiger partial charge in [0, 0.05) is 32.1 Å². The number of nitrogens with one attached hydrogen (secondary N) is 1. The number of carbonyl (C=O) groups is 1. The first kappa shape index (κ1) is 15.7. The number of halogens is 3. The van der Waals surface area contributed by atoms with E-state index in [9.17, 15) is 18.0 Å². The molecule has 1 aromatic heterocycles. The van der Waals surface area contributed by atoms with Crippen LogP contribution in [0.15, 0.2) is 0 Å². The molecule has 1 aromatic rings. The van der Waals surface area contributed by atoms with Gasteiger partial charge in [-0.25, -0.2) is 4.98 Å². The number of piperazine rings is 1. The minimum absolute atomic E-state index is 0.0722. The van der Waals surface area contributed by atoms with Gasteiger partial charge in [-0.1, -0.05) is 13.8 Å². The zero-order valence-electron chi connectivity index (χ0n) is 11.9. The highest BCUT2D eigenvalue weighted by Crippen LogP contribution is 2.18. The van der Waals surface area contributed by atoms with E-state index in [2.05, 4.69) is 15.2 Å². The van der Waals surface area contributed by atoms with Crippen LogP contribution in [-0.4, -0.2) is 69.8 Å². The van der Waals surface area contributed by atoms with Crippen molar-refractivity contribution >= 4 is 5.91 Å². The monoisotopic (exact) mass is 305 g/mol. The highest BCUT2D eigenvalue weighted by molar-refractivity contribution is 5.90. The molecule has 0 radical (unpaired) electrons. The number of carbonyl (C=O) groups excluding carboxylic acids is 1. The normalized spacial score (nSPS) is 17.5. The van der Waals surface area contributed by atoms with E-state index >= 15 is 0 Å². The number of aromatic nitrogens is 3. The van der Waals surface area contributed by atoms with E-state index in [1.807, 2.05) is 13.8 Å². The summed E-state index contributed by atoms with van der Waals surface area (Å²) in [4.78, 5) is 19.1. The third-order valence-corrected chi connectivity index (χ3v) is 3.30. The van der Waals surface area contributed by atoms with Crippen LogP contribution >= 0.6 is 0 Å². The van der Waals surface area contributed by atoms with Crippen molar-refractivity contribution in [3.8, 4) is 0 Å². The Morgan fingerprint density at radius 1 is 1.29 bits per heavy atom. The molecular formula is C12H18F3N5O. The predicted octanol–water partition coefficient (Wildman–Crippen LogP) is 1.25. The van der Waals surface area contributed by atoms with E-state index in [0.29, 0.717) is 5.82 Å². The van der Waals surface area contributed by atoms with Crippen molar-refractivity contribution in [1.82, 2.24) is 25.0 Å². The van der Waals surface area contributed by atoms with Gasteiger partial charge in [0.05, 0.1) is 6.54 Å². The van der Waals surface area contributed by atoms with Crippen LogP contribution < -0.4 is 0 Å². The maximum atomic E-state index is 12.3. The van der Waals surface area contributed by atoms with Gasteiger partial charge in [0.2, 0.25) is 5.82 Å². The van der Waals surface area contributed by atoms with Gasteiger partial charge in [0.15, 0.2) is 0 Å². The third kappa shape index (κ3) is 4.16. The highest BCUT2D eigenvalue weighted by Gasteiger charge is 2.33. The largest absolute Gasteiger partial charge is 0.401 e. The summed E-state index contributed by atoms with van der Waals surface area (Å²) in [5.41, 5.74) is 0. The van der Waals surface area contributed by atoms with Crippen molar-refractivity contribution in [3.63, 3.8) is 0 Å². The molecule has 0 aliphatic carbocycles. The summed E-state index contributed by atoms with van der Waals surface area (Å²) in [7, 11) is 0. The van der Waals surface area contributed by atoms with Gasteiger partial charge in [0.1, 0.15) is 5.82 Å². The lowest BCUT2D eigenvalue weighted by Crippen LogP contribution is -2.51. The molecule has 6 nitrogen and oxygen atoms in total. The fourth-order valence-corrected chi connectivity index (χ4v) is 2.13. The lowest BCUT2D eigenvalue weighted by molar-refractivity contribution is -0.148. The number of rotatable bonds is 3. The SMILES string of the molecule is CC(C)c1nc(C(=O)N2CCN(CC(F)(F)F)CC2)n[nH]1. The fourth-order valence-electron chi connectivity index (χ4n) is 2.13. The quantitative estimate of drug-likeness (QED) is 0.913. The number of aromatic amines is 1. The number of hydrogen-bond donors (Lipinski definition) is 1. The number of amides is 1. The van der Waals surface area contributed by atoms with E-state index in [1.165, 1.54) is 9.80 Å². The van der Waals surface area contributed by atoms with E-state index in [-0.39, 0.29) is 43.8 Å². The van der Waals surface area contributed by atoms with Crippen LogP contribution in [0.3, 0.4) is 0 Å². The minimum atomic E-state index is -4.21. The Bertz CT molecular complexity index is 491. The molecule has 0 unspecified atom stereocenters. The minimum Gasteiger partial charge on any atom is -0.333 e. The van der Waals surface area contributed by atoms with E-state index in [0.717, 1.165) is 0 Å². The first-order valence-electron chi connectivity index (χ1n) is 6.77. The maximum absolute atomic E-state index is 12.3. The van der Waals surface area contributed by atoms with Crippen LogP contribution in [0.4, 0.5) is 13.2 Å². The first-order chi connectivity index (χ1) is 9.76. The molecule has 0 bridgehead atoms. The molecule has 0 aromatic carbocycles. The van der Waals surface area contributed by atoms with E-state index in [4.69, 9.17) is 0 Å². The molecule has 9 heteroatoms. The van der Waals surface area contributed by atoms with Crippen molar-refractivity contribution < 1.29 is 18.0 Å². The van der Waals surface area contributed by atoms with Gasteiger partial charge in [-0.2, -0.15) is 13.2 Å². The second-order valence-corrected chi connectivity index (χ2v) is 5.38. The Kier molecular flexibility index (Phi) is 4.50. The lowest BCUT2D eigenvalue weighted by Gasteiger charge is -2.34. The van der Waals surface area contributed by atoms with Crippen molar-refractivity contribution in [2.24, 2.45) is 0 Å². The molecule has 118 valence electrons.